The number of hydrogen-bond donors (Lipinski definition) is 1. The number of benzene rings is 2. The fourth-order valence-corrected chi connectivity index (χ4v) is 3.21. The predicted octanol–water partition coefficient (Wildman–Crippen LogP) is 4.03. The van der Waals surface area contributed by atoms with Gasteiger partial charge in [0.2, 0.25) is 0 Å². The highest BCUT2D eigenvalue weighted by Gasteiger charge is 2.27. The maximum atomic E-state index is 11.4. The molecule has 108 valence electrons. The first kappa shape index (κ1) is 14.0. The summed E-state index contributed by atoms with van der Waals surface area (Å²) in [7, 11) is 0. The van der Waals surface area contributed by atoms with Crippen LogP contribution in [0.5, 0.6) is 0 Å². The van der Waals surface area contributed by atoms with Crippen LogP contribution < -0.4 is 4.90 Å². The van der Waals surface area contributed by atoms with Gasteiger partial charge in [-0.15, -0.1) is 0 Å². The van der Waals surface area contributed by atoms with Crippen molar-refractivity contribution in [2.75, 3.05) is 18.0 Å². The van der Waals surface area contributed by atoms with Crippen molar-refractivity contribution in [2.24, 2.45) is 0 Å². The van der Waals surface area contributed by atoms with E-state index in [9.17, 15) is 9.90 Å². The second-order valence-electron chi connectivity index (χ2n) is 5.28. The van der Waals surface area contributed by atoms with E-state index in [0.717, 1.165) is 19.5 Å². The van der Waals surface area contributed by atoms with Crippen LogP contribution in [0.2, 0.25) is 5.02 Å². The molecule has 3 rings (SSSR count). The minimum absolute atomic E-state index is 0.202. The largest absolute Gasteiger partial charge is 0.478 e. The van der Waals surface area contributed by atoms with Gasteiger partial charge in [0.1, 0.15) is 5.56 Å². The lowest BCUT2D eigenvalue weighted by atomic mass is 9.99. The number of rotatable bonds is 3. The van der Waals surface area contributed by atoms with Gasteiger partial charge in [-0.1, -0.05) is 48.0 Å². The summed E-state index contributed by atoms with van der Waals surface area (Å²) >= 11 is 6.05. The molecule has 2 aromatic rings. The molecule has 0 radical (unpaired) electrons. The third-order valence-electron chi connectivity index (χ3n) is 4.01. The van der Waals surface area contributed by atoms with Crippen LogP contribution in [0.15, 0.2) is 48.5 Å². The lowest BCUT2D eigenvalue weighted by Gasteiger charge is -2.21. The number of anilines is 1. The van der Waals surface area contributed by atoms with Gasteiger partial charge in [-0.3, -0.25) is 0 Å². The number of halogens is 1. The van der Waals surface area contributed by atoms with Gasteiger partial charge in [0.25, 0.3) is 0 Å². The van der Waals surface area contributed by atoms with Gasteiger partial charge in [-0.2, -0.15) is 0 Å². The van der Waals surface area contributed by atoms with Crippen molar-refractivity contribution in [3.8, 4) is 0 Å². The fourth-order valence-electron chi connectivity index (χ4n) is 2.96. The highest BCUT2D eigenvalue weighted by Crippen LogP contribution is 2.34. The Hall–Kier alpha value is -2.00. The molecule has 1 saturated heterocycles. The summed E-state index contributed by atoms with van der Waals surface area (Å²) in [6.45, 7) is 1.67. The highest BCUT2D eigenvalue weighted by molar-refractivity contribution is 6.34. The first-order chi connectivity index (χ1) is 10.2. The Morgan fingerprint density at radius 2 is 1.90 bits per heavy atom. The van der Waals surface area contributed by atoms with Gasteiger partial charge >= 0.3 is 5.97 Å². The Bertz CT molecular complexity index is 657. The lowest BCUT2D eigenvalue weighted by molar-refractivity contribution is 0.0698. The topological polar surface area (TPSA) is 40.5 Å². The van der Waals surface area contributed by atoms with E-state index in [1.54, 1.807) is 12.1 Å². The van der Waals surface area contributed by atoms with Crippen LogP contribution in [0.3, 0.4) is 0 Å². The SMILES string of the molecule is O=C(O)c1c(Cl)cccc1N1CCC(c2ccccc2)C1. The molecule has 1 fully saturated rings. The van der Waals surface area contributed by atoms with Crippen molar-refractivity contribution in [3.05, 3.63) is 64.7 Å². The minimum atomic E-state index is -0.973. The zero-order chi connectivity index (χ0) is 14.8. The quantitative estimate of drug-likeness (QED) is 0.930. The molecule has 4 heteroatoms. The normalized spacial score (nSPS) is 18.0. The van der Waals surface area contributed by atoms with Gasteiger partial charge in [-0.25, -0.2) is 4.79 Å². The van der Waals surface area contributed by atoms with Crippen molar-refractivity contribution >= 4 is 23.3 Å². The molecular weight excluding hydrogens is 286 g/mol. The van der Waals surface area contributed by atoms with Crippen LogP contribution in [-0.2, 0) is 0 Å². The Balaban J connectivity index is 1.87. The van der Waals surface area contributed by atoms with E-state index >= 15 is 0 Å². The average Bonchev–Trinajstić information content (AvgIpc) is 2.97. The van der Waals surface area contributed by atoms with Crippen LogP contribution in [-0.4, -0.2) is 24.2 Å². The fraction of sp³-hybridized carbons (Fsp3) is 0.235. The number of nitrogens with zero attached hydrogens (tertiary/aromatic N) is 1. The van der Waals surface area contributed by atoms with Gasteiger partial charge < -0.3 is 10.0 Å². The second kappa shape index (κ2) is 5.78. The highest BCUT2D eigenvalue weighted by atomic mass is 35.5. The van der Waals surface area contributed by atoms with Crippen LogP contribution in [0, 0.1) is 0 Å². The number of hydrogen-bond acceptors (Lipinski definition) is 2. The van der Waals surface area contributed by atoms with Crippen molar-refractivity contribution < 1.29 is 9.90 Å². The summed E-state index contributed by atoms with van der Waals surface area (Å²) in [5.41, 5.74) is 2.22. The van der Waals surface area contributed by atoms with Gasteiger partial charge in [0.15, 0.2) is 0 Å². The third-order valence-corrected chi connectivity index (χ3v) is 4.32. The molecular formula is C17H16ClNO2. The Morgan fingerprint density at radius 3 is 2.62 bits per heavy atom. The minimum Gasteiger partial charge on any atom is -0.478 e. The molecule has 0 aliphatic carbocycles. The van der Waals surface area contributed by atoms with Crippen LogP contribution >= 0.6 is 11.6 Å². The summed E-state index contributed by atoms with van der Waals surface area (Å²) in [5, 5.41) is 9.67. The van der Waals surface area contributed by atoms with E-state index in [4.69, 9.17) is 11.6 Å². The molecule has 1 unspecified atom stereocenters. The van der Waals surface area contributed by atoms with E-state index in [1.807, 2.05) is 24.3 Å². The molecule has 1 aliphatic rings. The molecule has 0 bridgehead atoms. The van der Waals surface area contributed by atoms with Gasteiger partial charge in [0.05, 0.1) is 10.7 Å². The van der Waals surface area contributed by atoms with Crippen molar-refractivity contribution in [2.45, 2.75) is 12.3 Å². The zero-order valence-corrected chi connectivity index (χ0v) is 12.3. The van der Waals surface area contributed by atoms with Crippen LogP contribution in [0.25, 0.3) is 0 Å². The molecule has 0 spiro atoms. The molecule has 2 aromatic carbocycles. The van der Waals surface area contributed by atoms with Crippen molar-refractivity contribution in [1.82, 2.24) is 0 Å². The molecule has 0 saturated carbocycles. The molecule has 1 aliphatic heterocycles. The maximum Gasteiger partial charge on any atom is 0.339 e. The maximum absolute atomic E-state index is 11.4. The van der Waals surface area contributed by atoms with Gasteiger partial charge in [0, 0.05) is 19.0 Å². The molecule has 21 heavy (non-hydrogen) atoms. The van der Waals surface area contributed by atoms with Crippen molar-refractivity contribution in [1.29, 1.82) is 0 Å². The van der Waals surface area contributed by atoms with Crippen LogP contribution in [0.4, 0.5) is 5.69 Å². The monoisotopic (exact) mass is 301 g/mol. The standard InChI is InChI=1S/C17H16ClNO2/c18-14-7-4-8-15(16(14)17(20)21)19-10-9-13(11-19)12-5-2-1-3-6-12/h1-8,13H,9-11H2,(H,20,21). The first-order valence-electron chi connectivity index (χ1n) is 6.98. The molecule has 0 amide bonds. The molecule has 0 aromatic heterocycles. The third kappa shape index (κ3) is 2.74. The Labute approximate surface area is 128 Å². The summed E-state index contributed by atoms with van der Waals surface area (Å²) < 4.78 is 0. The summed E-state index contributed by atoms with van der Waals surface area (Å²) in [6.07, 6.45) is 1.02. The smallest absolute Gasteiger partial charge is 0.339 e. The van der Waals surface area contributed by atoms with E-state index in [0.29, 0.717) is 16.6 Å². The molecule has 1 heterocycles. The van der Waals surface area contributed by atoms with Crippen LogP contribution in [0.1, 0.15) is 28.3 Å². The van der Waals surface area contributed by atoms with E-state index in [2.05, 4.69) is 17.0 Å². The number of carbonyl (C=O) groups is 1. The zero-order valence-electron chi connectivity index (χ0n) is 11.5. The first-order valence-corrected chi connectivity index (χ1v) is 7.36. The van der Waals surface area contributed by atoms with E-state index in [-0.39, 0.29) is 5.56 Å². The average molecular weight is 302 g/mol. The second-order valence-corrected chi connectivity index (χ2v) is 5.69. The molecule has 1 atom stereocenters. The van der Waals surface area contributed by atoms with Gasteiger partial charge in [-0.05, 0) is 24.1 Å². The molecule has 3 nitrogen and oxygen atoms in total. The number of aromatic carboxylic acids is 1. The summed E-state index contributed by atoms with van der Waals surface area (Å²) in [5.74, 6) is -0.536. The summed E-state index contributed by atoms with van der Waals surface area (Å²) in [6, 6.07) is 15.6. The Kier molecular flexibility index (Phi) is 3.84. The Morgan fingerprint density at radius 1 is 1.14 bits per heavy atom. The summed E-state index contributed by atoms with van der Waals surface area (Å²) in [4.78, 5) is 13.6. The predicted molar refractivity (Wildman–Crippen MR) is 84.4 cm³/mol. The van der Waals surface area contributed by atoms with Crippen molar-refractivity contribution in [3.63, 3.8) is 0 Å². The lowest BCUT2D eigenvalue weighted by Crippen LogP contribution is -2.22. The van der Waals surface area contributed by atoms with E-state index < -0.39 is 5.97 Å². The van der Waals surface area contributed by atoms with E-state index in [1.165, 1.54) is 5.56 Å². The molecule has 1 N–H and O–H groups in total. The number of carboxylic acids is 1. The number of carboxylic acid groups (broad SMARTS) is 1.